The molecule has 2 aromatic rings. The van der Waals surface area contributed by atoms with Gasteiger partial charge in [-0.3, -0.25) is 4.79 Å². The van der Waals surface area contributed by atoms with E-state index in [1.165, 1.54) is 0 Å². The van der Waals surface area contributed by atoms with Crippen LogP contribution in [0, 0.1) is 0 Å². The molecule has 2 rings (SSSR count). The van der Waals surface area contributed by atoms with Crippen molar-refractivity contribution in [3.63, 3.8) is 0 Å². The minimum Gasteiger partial charge on any atom is -0.351 e. The maximum Gasteiger partial charge on any atom is 0.267 e. The standard InChI is InChI=1S/C14H18BrN3O/c1-18(2)7-3-6-16-14(19)13-9-10-8-11(15)4-5-12(10)17-13/h4-5,8-9,17H,3,6-7H2,1-2H3,(H,16,19). The van der Waals surface area contributed by atoms with E-state index in [0.717, 1.165) is 28.3 Å². The van der Waals surface area contributed by atoms with Crippen LogP contribution in [-0.4, -0.2) is 43.0 Å². The summed E-state index contributed by atoms with van der Waals surface area (Å²) in [5.41, 5.74) is 1.58. The Bertz CT molecular complexity index is 577. The van der Waals surface area contributed by atoms with Crippen LogP contribution in [0.15, 0.2) is 28.7 Å². The van der Waals surface area contributed by atoms with E-state index >= 15 is 0 Å². The molecule has 2 N–H and O–H groups in total. The smallest absolute Gasteiger partial charge is 0.267 e. The van der Waals surface area contributed by atoms with Crippen molar-refractivity contribution in [2.24, 2.45) is 0 Å². The van der Waals surface area contributed by atoms with Crippen LogP contribution in [-0.2, 0) is 0 Å². The van der Waals surface area contributed by atoms with Gasteiger partial charge < -0.3 is 15.2 Å². The van der Waals surface area contributed by atoms with Gasteiger partial charge in [-0.1, -0.05) is 15.9 Å². The first-order valence-corrected chi connectivity index (χ1v) is 7.07. The van der Waals surface area contributed by atoms with E-state index in [4.69, 9.17) is 0 Å². The van der Waals surface area contributed by atoms with Crippen molar-refractivity contribution in [3.05, 3.63) is 34.4 Å². The molecule has 0 saturated carbocycles. The molecule has 102 valence electrons. The lowest BCUT2D eigenvalue weighted by molar-refractivity contribution is 0.0948. The third-order valence-corrected chi connectivity index (χ3v) is 3.39. The van der Waals surface area contributed by atoms with Gasteiger partial charge in [0.15, 0.2) is 0 Å². The molecule has 5 heteroatoms. The summed E-state index contributed by atoms with van der Waals surface area (Å²) in [5.74, 6) is -0.0499. The molecule has 0 spiro atoms. The second kappa shape index (κ2) is 6.21. The van der Waals surface area contributed by atoms with Crippen molar-refractivity contribution in [3.8, 4) is 0 Å². The highest BCUT2D eigenvalue weighted by Gasteiger charge is 2.08. The second-order valence-electron chi connectivity index (χ2n) is 4.83. The van der Waals surface area contributed by atoms with Gasteiger partial charge in [0, 0.05) is 21.9 Å². The van der Waals surface area contributed by atoms with Crippen LogP contribution in [0.1, 0.15) is 16.9 Å². The molecule has 0 radical (unpaired) electrons. The average molecular weight is 324 g/mol. The number of aromatic nitrogens is 1. The van der Waals surface area contributed by atoms with Crippen LogP contribution < -0.4 is 5.32 Å². The number of amides is 1. The predicted octanol–water partition coefficient (Wildman–Crippen LogP) is 2.61. The summed E-state index contributed by atoms with van der Waals surface area (Å²) in [6, 6.07) is 7.79. The topological polar surface area (TPSA) is 48.1 Å². The van der Waals surface area contributed by atoms with Gasteiger partial charge in [0.25, 0.3) is 5.91 Å². The summed E-state index contributed by atoms with van der Waals surface area (Å²) < 4.78 is 1.01. The first-order chi connectivity index (χ1) is 9.06. The van der Waals surface area contributed by atoms with E-state index in [1.807, 2.05) is 38.4 Å². The average Bonchev–Trinajstić information content (AvgIpc) is 2.77. The van der Waals surface area contributed by atoms with Gasteiger partial charge in [0.2, 0.25) is 0 Å². The number of rotatable bonds is 5. The van der Waals surface area contributed by atoms with Gasteiger partial charge in [-0.2, -0.15) is 0 Å². The summed E-state index contributed by atoms with van der Waals surface area (Å²) >= 11 is 3.42. The number of benzene rings is 1. The quantitative estimate of drug-likeness (QED) is 0.831. The van der Waals surface area contributed by atoms with Crippen molar-refractivity contribution in [1.82, 2.24) is 15.2 Å². The summed E-state index contributed by atoms with van der Waals surface area (Å²) in [6.45, 7) is 1.66. The Kier molecular flexibility index (Phi) is 4.61. The Balaban J connectivity index is 1.97. The molecule has 1 aromatic carbocycles. The number of hydrogen-bond donors (Lipinski definition) is 2. The predicted molar refractivity (Wildman–Crippen MR) is 81.5 cm³/mol. The van der Waals surface area contributed by atoms with Crippen LogP contribution in [0.3, 0.4) is 0 Å². The van der Waals surface area contributed by atoms with Crippen LogP contribution in [0.5, 0.6) is 0 Å². The normalized spacial score (nSPS) is 11.2. The maximum absolute atomic E-state index is 12.0. The first kappa shape index (κ1) is 14.1. The molecule has 0 saturated heterocycles. The number of halogens is 1. The number of fused-ring (bicyclic) bond motifs is 1. The second-order valence-corrected chi connectivity index (χ2v) is 5.74. The fourth-order valence-corrected chi connectivity index (χ4v) is 2.30. The van der Waals surface area contributed by atoms with E-state index in [0.29, 0.717) is 12.2 Å². The highest BCUT2D eigenvalue weighted by atomic mass is 79.9. The summed E-state index contributed by atoms with van der Waals surface area (Å²) in [6.07, 6.45) is 0.949. The number of hydrogen-bond acceptors (Lipinski definition) is 2. The summed E-state index contributed by atoms with van der Waals surface area (Å²) in [5, 5.41) is 3.96. The van der Waals surface area contributed by atoms with Crippen LogP contribution in [0.25, 0.3) is 10.9 Å². The van der Waals surface area contributed by atoms with Crippen LogP contribution >= 0.6 is 15.9 Å². The zero-order chi connectivity index (χ0) is 13.8. The van der Waals surface area contributed by atoms with Gasteiger partial charge in [-0.25, -0.2) is 0 Å². The zero-order valence-electron chi connectivity index (χ0n) is 11.2. The molecular formula is C14H18BrN3O. The summed E-state index contributed by atoms with van der Waals surface area (Å²) in [4.78, 5) is 17.2. The third kappa shape index (κ3) is 3.81. The fourth-order valence-electron chi connectivity index (χ4n) is 1.92. The van der Waals surface area contributed by atoms with Crippen LogP contribution in [0.4, 0.5) is 0 Å². The molecule has 0 atom stereocenters. The molecule has 1 heterocycles. The van der Waals surface area contributed by atoms with Gasteiger partial charge in [0.1, 0.15) is 5.69 Å². The zero-order valence-corrected chi connectivity index (χ0v) is 12.8. The van der Waals surface area contributed by atoms with E-state index in [1.54, 1.807) is 0 Å². The molecule has 0 bridgehead atoms. The number of carbonyl (C=O) groups is 1. The van der Waals surface area contributed by atoms with Crippen molar-refractivity contribution in [2.45, 2.75) is 6.42 Å². The largest absolute Gasteiger partial charge is 0.351 e. The lowest BCUT2D eigenvalue weighted by Crippen LogP contribution is -2.27. The van der Waals surface area contributed by atoms with Crippen molar-refractivity contribution in [2.75, 3.05) is 27.2 Å². The van der Waals surface area contributed by atoms with E-state index in [-0.39, 0.29) is 5.91 Å². The van der Waals surface area contributed by atoms with E-state index in [9.17, 15) is 4.79 Å². The Morgan fingerprint density at radius 1 is 1.37 bits per heavy atom. The fraction of sp³-hybridized carbons (Fsp3) is 0.357. The van der Waals surface area contributed by atoms with Crippen molar-refractivity contribution in [1.29, 1.82) is 0 Å². The van der Waals surface area contributed by atoms with Gasteiger partial charge in [-0.05, 0) is 51.3 Å². The lowest BCUT2D eigenvalue weighted by Gasteiger charge is -2.09. The molecule has 0 aliphatic rings. The van der Waals surface area contributed by atoms with Crippen molar-refractivity contribution >= 4 is 32.7 Å². The number of H-pyrrole nitrogens is 1. The molecular weight excluding hydrogens is 306 g/mol. The van der Waals surface area contributed by atoms with E-state index < -0.39 is 0 Å². The minimum atomic E-state index is -0.0499. The lowest BCUT2D eigenvalue weighted by atomic mass is 10.2. The Hall–Kier alpha value is -1.33. The molecule has 1 amide bonds. The molecule has 19 heavy (non-hydrogen) atoms. The number of nitrogens with one attached hydrogen (secondary N) is 2. The SMILES string of the molecule is CN(C)CCCNC(=O)c1cc2cc(Br)ccc2[nH]1. The Morgan fingerprint density at radius 3 is 2.89 bits per heavy atom. The summed E-state index contributed by atoms with van der Waals surface area (Å²) in [7, 11) is 4.05. The molecule has 1 aromatic heterocycles. The number of aromatic amines is 1. The molecule has 4 nitrogen and oxygen atoms in total. The minimum absolute atomic E-state index is 0.0499. The number of nitrogens with zero attached hydrogens (tertiary/aromatic N) is 1. The van der Waals surface area contributed by atoms with Gasteiger partial charge >= 0.3 is 0 Å². The monoisotopic (exact) mass is 323 g/mol. The molecule has 0 aliphatic carbocycles. The third-order valence-electron chi connectivity index (χ3n) is 2.90. The molecule has 0 fully saturated rings. The highest BCUT2D eigenvalue weighted by molar-refractivity contribution is 9.10. The maximum atomic E-state index is 12.0. The first-order valence-electron chi connectivity index (χ1n) is 6.27. The van der Waals surface area contributed by atoms with Gasteiger partial charge in [0.05, 0.1) is 0 Å². The van der Waals surface area contributed by atoms with Gasteiger partial charge in [-0.15, -0.1) is 0 Å². The van der Waals surface area contributed by atoms with Crippen molar-refractivity contribution < 1.29 is 4.79 Å². The molecule has 0 unspecified atom stereocenters. The Labute approximate surface area is 121 Å². The van der Waals surface area contributed by atoms with Crippen LogP contribution in [0.2, 0.25) is 0 Å². The van der Waals surface area contributed by atoms with E-state index in [2.05, 4.69) is 31.1 Å². The molecule has 0 aliphatic heterocycles. The Morgan fingerprint density at radius 2 is 2.16 bits per heavy atom. The highest BCUT2D eigenvalue weighted by Crippen LogP contribution is 2.20. The number of carbonyl (C=O) groups excluding carboxylic acids is 1.